The van der Waals surface area contributed by atoms with E-state index >= 15 is 0 Å². The molecule has 0 N–H and O–H groups in total. The van der Waals surface area contributed by atoms with Crippen LogP contribution in [0.4, 0.5) is 0 Å². The summed E-state index contributed by atoms with van der Waals surface area (Å²) in [5, 5.41) is 0. The summed E-state index contributed by atoms with van der Waals surface area (Å²) >= 11 is 3.93. The van der Waals surface area contributed by atoms with Crippen LogP contribution in [-0.4, -0.2) is 0 Å². The molecule has 8 rings (SSSR count). The molecule has 4 saturated carbocycles. The summed E-state index contributed by atoms with van der Waals surface area (Å²) in [5.74, 6) is 2.99. The van der Waals surface area contributed by atoms with E-state index in [0.29, 0.717) is 5.41 Å². The lowest BCUT2D eigenvalue weighted by Crippen LogP contribution is -2.48. The topological polar surface area (TPSA) is 0 Å². The van der Waals surface area contributed by atoms with Crippen molar-refractivity contribution in [1.82, 2.24) is 0 Å². The van der Waals surface area contributed by atoms with Crippen molar-refractivity contribution in [3.8, 4) is 22.3 Å². The molecule has 0 amide bonds. The predicted molar refractivity (Wildman–Crippen MR) is 137 cm³/mol. The Morgan fingerprint density at radius 1 is 0.688 bits per heavy atom. The van der Waals surface area contributed by atoms with Crippen molar-refractivity contribution in [3.63, 3.8) is 0 Å². The quantitative estimate of drug-likeness (QED) is 0.341. The zero-order valence-electron chi connectivity index (χ0n) is 19.1. The number of hydrogen-bond donors (Lipinski definition) is 0. The Kier molecular flexibility index (Phi) is 4.04. The largest absolute Gasteiger partial charge is 0.0619 e. The van der Waals surface area contributed by atoms with Gasteiger partial charge in [-0.2, -0.15) is 0 Å². The minimum Gasteiger partial charge on any atom is -0.0619 e. The molecule has 0 atom stereocenters. The summed E-state index contributed by atoms with van der Waals surface area (Å²) < 4.78 is 1.21. The molecule has 0 radical (unpaired) electrons. The van der Waals surface area contributed by atoms with E-state index in [4.69, 9.17) is 0 Å². The summed E-state index contributed by atoms with van der Waals surface area (Å²) in [6, 6.07) is 23.5. The van der Waals surface area contributed by atoms with Crippen molar-refractivity contribution in [2.45, 2.75) is 63.2 Å². The number of rotatable bonds is 2. The van der Waals surface area contributed by atoms with Crippen molar-refractivity contribution in [3.05, 3.63) is 81.8 Å². The monoisotopic (exact) mass is 482 g/mol. The van der Waals surface area contributed by atoms with Crippen molar-refractivity contribution in [1.29, 1.82) is 0 Å². The maximum Gasteiger partial charge on any atom is 0.0257 e. The average Bonchev–Trinajstić information content (AvgIpc) is 2.99. The average molecular weight is 483 g/mol. The number of fused-ring (bicyclic) bond motifs is 3. The van der Waals surface area contributed by atoms with Gasteiger partial charge in [-0.15, -0.1) is 0 Å². The summed E-state index contributed by atoms with van der Waals surface area (Å²) in [5.41, 5.74) is 10.4. The van der Waals surface area contributed by atoms with Gasteiger partial charge in [-0.05, 0) is 113 Å². The number of hydrogen-bond acceptors (Lipinski definition) is 0. The fourth-order valence-electron chi connectivity index (χ4n) is 8.41. The molecule has 4 fully saturated rings. The maximum atomic E-state index is 3.93. The van der Waals surface area contributed by atoms with Crippen molar-refractivity contribution in [2.75, 3.05) is 0 Å². The van der Waals surface area contributed by atoms with Gasteiger partial charge in [-0.25, -0.2) is 0 Å². The van der Waals surface area contributed by atoms with Crippen LogP contribution < -0.4 is 0 Å². The molecule has 0 aliphatic heterocycles. The van der Waals surface area contributed by atoms with E-state index in [1.807, 2.05) is 0 Å². The second-order valence-corrected chi connectivity index (χ2v) is 12.7. The molecular formula is C31H31Br. The molecule has 1 heteroatoms. The summed E-state index contributed by atoms with van der Waals surface area (Å²) in [6.45, 7) is 4.70. The minimum atomic E-state index is 0.0509. The standard InChI is InChI=1S/C31H31Br/c1-30(2)27-6-4-3-5-24(27)26-14-25(29(32)15-28(26)30)22-7-9-23(10-8-22)31-16-19-11-20(17-31)13-21(12-19)18-31/h3-10,14-15,19-21H,11-13,16-18H2,1-2H3. The van der Waals surface area contributed by atoms with Gasteiger partial charge in [0.2, 0.25) is 0 Å². The molecule has 4 bridgehead atoms. The third-order valence-electron chi connectivity index (χ3n) is 9.52. The molecule has 0 heterocycles. The Hall–Kier alpha value is -1.86. The molecule has 5 aliphatic carbocycles. The number of halogens is 1. The van der Waals surface area contributed by atoms with Crippen LogP contribution in [-0.2, 0) is 10.8 Å². The maximum absolute atomic E-state index is 3.93. The van der Waals surface area contributed by atoms with Crippen LogP contribution in [0.3, 0.4) is 0 Å². The molecule has 162 valence electrons. The Morgan fingerprint density at radius 3 is 1.97 bits per heavy atom. The first-order valence-corrected chi connectivity index (χ1v) is 13.3. The number of benzene rings is 3. The van der Waals surface area contributed by atoms with Gasteiger partial charge in [0, 0.05) is 9.89 Å². The summed E-state index contributed by atoms with van der Waals surface area (Å²) in [4.78, 5) is 0. The van der Waals surface area contributed by atoms with Crippen LogP contribution in [0.5, 0.6) is 0 Å². The Labute approximate surface area is 200 Å². The Morgan fingerprint density at radius 2 is 1.31 bits per heavy atom. The molecule has 0 spiro atoms. The van der Waals surface area contributed by atoms with Crippen molar-refractivity contribution < 1.29 is 0 Å². The molecule has 3 aromatic rings. The Bertz CT molecular complexity index is 1190. The Balaban J connectivity index is 1.28. The van der Waals surface area contributed by atoms with E-state index < -0.39 is 0 Å². The van der Waals surface area contributed by atoms with E-state index in [1.165, 1.54) is 76.4 Å². The fraction of sp³-hybridized carbons (Fsp3) is 0.419. The second-order valence-electron chi connectivity index (χ2n) is 11.8. The molecule has 0 aromatic heterocycles. The van der Waals surface area contributed by atoms with Gasteiger partial charge in [-0.3, -0.25) is 0 Å². The normalized spacial score (nSPS) is 30.9. The molecule has 0 saturated heterocycles. The van der Waals surface area contributed by atoms with Crippen LogP contribution in [0.1, 0.15) is 69.1 Å². The SMILES string of the molecule is CC1(C)c2ccccc2-c2cc(-c3ccc(C45CC6CC(CC(C6)C4)C5)cc3)c(Br)cc21. The van der Waals surface area contributed by atoms with Crippen LogP contribution in [0.25, 0.3) is 22.3 Å². The van der Waals surface area contributed by atoms with E-state index in [-0.39, 0.29) is 5.41 Å². The van der Waals surface area contributed by atoms with Crippen LogP contribution in [0.2, 0.25) is 0 Å². The lowest BCUT2D eigenvalue weighted by Gasteiger charge is -2.57. The highest BCUT2D eigenvalue weighted by atomic mass is 79.9. The third kappa shape index (κ3) is 2.67. The lowest BCUT2D eigenvalue weighted by molar-refractivity contribution is -0.00518. The van der Waals surface area contributed by atoms with E-state index in [2.05, 4.69) is 90.4 Å². The zero-order chi connectivity index (χ0) is 21.7. The third-order valence-corrected chi connectivity index (χ3v) is 10.2. The van der Waals surface area contributed by atoms with Gasteiger partial charge in [0.15, 0.2) is 0 Å². The highest BCUT2D eigenvalue weighted by Crippen LogP contribution is 2.61. The van der Waals surface area contributed by atoms with Crippen LogP contribution in [0.15, 0.2) is 65.1 Å². The van der Waals surface area contributed by atoms with Crippen LogP contribution in [0, 0.1) is 17.8 Å². The van der Waals surface area contributed by atoms with Crippen molar-refractivity contribution in [2.24, 2.45) is 17.8 Å². The van der Waals surface area contributed by atoms with Gasteiger partial charge in [0.1, 0.15) is 0 Å². The lowest BCUT2D eigenvalue weighted by atomic mass is 9.48. The predicted octanol–water partition coefficient (Wildman–Crippen LogP) is 8.89. The minimum absolute atomic E-state index is 0.0509. The first-order valence-electron chi connectivity index (χ1n) is 12.5. The van der Waals surface area contributed by atoms with Crippen LogP contribution >= 0.6 is 15.9 Å². The first kappa shape index (κ1) is 19.6. The van der Waals surface area contributed by atoms with Gasteiger partial charge in [0.05, 0.1) is 0 Å². The summed E-state index contributed by atoms with van der Waals surface area (Å²) in [6.07, 6.45) is 8.85. The highest BCUT2D eigenvalue weighted by molar-refractivity contribution is 9.10. The van der Waals surface area contributed by atoms with E-state index in [1.54, 1.807) is 5.56 Å². The smallest absolute Gasteiger partial charge is 0.0257 e. The second kappa shape index (κ2) is 6.60. The molecule has 32 heavy (non-hydrogen) atoms. The van der Waals surface area contributed by atoms with E-state index in [0.717, 1.165) is 17.8 Å². The van der Waals surface area contributed by atoms with E-state index in [9.17, 15) is 0 Å². The van der Waals surface area contributed by atoms with Crippen molar-refractivity contribution >= 4 is 15.9 Å². The van der Waals surface area contributed by atoms with Gasteiger partial charge < -0.3 is 0 Å². The molecule has 3 aromatic carbocycles. The zero-order valence-corrected chi connectivity index (χ0v) is 20.7. The molecular weight excluding hydrogens is 452 g/mol. The van der Waals surface area contributed by atoms with Gasteiger partial charge in [-0.1, -0.05) is 78.3 Å². The fourth-order valence-corrected chi connectivity index (χ4v) is 8.98. The highest BCUT2D eigenvalue weighted by Gasteiger charge is 2.51. The summed E-state index contributed by atoms with van der Waals surface area (Å²) in [7, 11) is 0. The van der Waals surface area contributed by atoms with Gasteiger partial charge >= 0.3 is 0 Å². The molecule has 5 aliphatic rings. The molecule has 0 nitrogen and oxygen atoms in total. The molecule has 0 unspecified atom stereocenters. The van der Waals surface area contributed by atoms with Gasteiger partial charge in [0.25, 0.3) is 0 Å². The first-order chi connectivity index (χ1) is 15.4.